The van der Waals surface area contributed by atoms with Crippen LogP contribution in [0.3, 0.4) is 0 Å². The van der Waals surface area contributed by atoms with Gasteiger partial charge in [-0.15, -0.1) is 11.3 Å². The molecule has 6 heteroatoms. The van der Waals surface area contributed by atoms with Gasteiger partial charge < -0.3 is 10.1 Å². The summed E-state index contributed by atoms with van der Waals surface area (Å²) in [6, 6.07) is 0. The average molecular weight is 269 g/mol. The van der Waals surface area contributed by atoms with Gasteiger partial charge >= 0.3 is 5.97 Å². The molecule has 1 aromatic heterocycles. The van der Waals surface area contributed by atoms with E-state index >= 15 is 0 Å². The fourth-order valence-corrected chi connectivity index (χ4v) is 3.05. The Morgan fingerprint density at radius 3 is 2.78 bits per heavy atom. The predicted octanol–water partition coefficient (Wildman–Crippen LogP) is 1.07. The minimum atomic E-state index is -0.367. The van der Waals surface area contributed by atoms with Gasteiger partial charge in [0.05, 0.1) is 12.6 Å². The van der Waals surface area contributed by atoms with Gasteiger partial charge in [0.15, 0.2) is 5.69 Å². The number of piperazine rings is 1. The number of hydrogen-bond acceptors (Lipinski definition) is 6. The van der Waals surface area contributed by atoms with Gasteiger partial charge in [0.1, 0.15) is 5.01 Å². The lowest BCUT2D eigenvalue weighted by atomic mass is 10.0. The van der Waals surface area contributed by atoms with Crippen molar-refractivity contribution in [3.05, 3.63) is 16.1 Å². The zero-order valence-corrected chi connectivity index (χ0v) is 11.8. The number of thiazole rings is 1. The Hall–Kier alpha value is -0.980. The second-order valence-corrected chi connectivity index (χ2v) is 5.68. The Balaban J connectivity index is 2.18. The quantitative estimate of drug-likeness (QED) is 0.832. The van der Waals surface area contributed by atoms with Crippen LogP contribution in [0.1, 0.15) is 29.3 Å². The molecule has 0 amide bonds. The smallest absolute Gasteiger partial charge is 0.357 e. The van der Waals surface area contributed by atoms with Gasteiger partial charge in [-0.25, -0.2) is 9.78 Å². The molecule has 2 heterocycles. The summed E-state index contributed by atoms with van der Waals surface area (Å²) in [6.07, 6.45) is 0. The number of nitrogens with zero attached hydrogens (tertiary/aromatic N) is 2. The Morgan fingerprint density at radius 1 is 1.50 bits per heavy atom. The van der Waals surface area contributed by atoms with Crippen molar-refractivity contribution in [2.75, 3.05) is 33.3 Å². The van der Waals surface area contributed by atoms with E-state index in [-0.39, 0.29) is 11.5 Å². The van der Waals surface area contributed by atoms with Gasteiger partial charge in [-0.1, -0.05) is 0 Å². The van der Waals surface area contributed by atoms with E-state index in [0.29, 0.717) is 5.69 Å². The van der Waals surface area contributed by atoms with Crippen LogP contribution >= 0.6 is 11.3 Å². The molecule has 0 unspecified atom stereocenters. The van der Waals surface area contributed by atoms with Crippen molar-refractivity contribution < 1.29 is 9.53 Å². The number of carbonyl (C=O) groups excluding carboxylic acids is 1. The standard InChI is InChI=1S/C12H19N3O2S/c1-12(2,15-6-4-13-5-7-15)11-14-9(8-18-11)10(16)17-3/h8,13H,4-7H2,1-3H3. The third kappa shape index (κ3) is 2.55. The van der Waals surface area contributed by atoms with Gasteiger partial charge in [0, 0.05) is 31.6 Å². The van der Waals surface area contributed by atoms with Gasteiger partial charge in [-0.3, -0.25) is 4.90 Å². The number of rotatable bonds is 3. The highest BCUT2D eigenvalue weighted by Gasteiger charge is 2.33. The summed E-state index contributed by atoms with van der Waals surface area (Å²) in [5, 5.41) is 6.07. The summed E-state index contributed by atoms with van der Waals surface area (Å²) in [5.74, 6) is -0.367. The second-order valence-electron chi connectivity index (χ2n) is 4.83. The SMILES string of the molecule is COC(=O)c1csc(C(C)(C)N2CCNCC2)n1. The van der Waals surface area contributed by atoms with E-state index < -0.39 is 0 Å². The van der Waals surface area contributed by atoms with Gasteiger partial charge in [-0.2, -0.15) is 0 Å². The Morgan fingerprint density at radius 2 is 2.17 bits per heavy atom. The van der Waals surface area contributed by atoms with E-state index in [1.165, 1.54) is 18.4 Å². The Bertz CT molecular complexity index is 425. The molecule has 0 radical (unpaired) electrons. The Kier molecular flexibility index (Phi) is 3.99. The third-order valence-electron chi connectivity index (χ3n) is 3.33. The molecule has 5 nitrogen and oxygen atoms in total. The Labute approximate surface area is 111 Å². The number of ether oxygens (including phenoxy) is 1. The lowest BCUT2D eigenvalue weighted by molar-refractivity contribution is 0.0592. The molecule has 1 saturated heterocycles. The molecule has 18 heavy (non-hydrogen) atoms. The van der Waals surface area contributed by atoms with E-state index in [0.717, 1.165) is 31.2 Å². The zero-order chi connectivity index (χ0) is 13.2. The summed E-state index contributed by atoms with van der Waals surface area (Å²) < 4.78 is 4.69. The van der Waals surface area contributed by atoms with E-state index in [1.54, 1.807) is 5.38 Å². The maximum Gasteiger partial charge on any atom is 0.357 e. The average Bonchev–Trinajstić information content (AvgIpc) is 2.89. The molecule has 0 bridgehead atoms. The number of aromatic nitrogens is 1. The number of esters is 1. The van der Waals surface area contributed by atoms with Crippen molar-refractivity contribution in [3.63, 3.8) is 0 Å². The molecular weight excluding hydrogens is 250 g/mol. The molecule has 0 spiro atoms. The van der Waals surface area contributed by atoms with Crippen molar-refractivity contribution in [1.29, 1.82) is 0 Å². The third-order valence-corrected chi connectivity index (χ3v) is 4.48. The maximum absolute atomic E-state index is 11.4. The fraction of sp³-hybridized carbons (Fsp3) is 0.667. The van der Waals surface area contributed by atoms with Crippen molar-refractivity contribution in [3.8, 4) is 0 Å². The molecule has 1 N–H and O–H groups in total. The summed E-state index contributed by atoms with van der Waals surface area (Å²) in [5.41, 5.74) is 0.264. The van der Waals surface area contributed by atoms with Crippen molar-refractivity contribution in [2.45, 2.75) is 19.4 Å². The van der Waals surface area contributed by atoms with Crippen LogP contribution in [0.2, 0.25) is 0 Å². The molecular formula is C12H19N3O2S. The predicted molar refractivity (Wildman–Crippen MR) is 70.9 cm³/mol. The molecule has 1 aromatic rings. The lowest BCUT2D eigenvalue weighted by Gasteiger charge is -2.39. The first-order chi connectivity index (χ1) is 8.55. The molecule has 0 aliphatic carbocycles. The topological polar surface area (TPSA) is 54.5 Å². The van der Waals surface area contributed by atoms with Crippen LogP contribution in [0.5, 0.6) is 0 Å². The largest absolute Gasteiger partial charge is 0.464 e. The van der Waals surface area contributed by atoms with Crippen LogP contribution in [0.4, 0.5) is 0 Å². The minimum Gasteiger partial charge on any atom is -0.464 e. The lowest BCUT2D eigenvalue weighted by Crippen LogP contribution is -2.51. The zero-order valence-electron chi connectivity index (χ0n) is 11.0. The van der Waals surface area contributed by atoms with Crippen LogP contribution in [0.15, 0.2) is 5.38 Å². The normalized spacial score (nSPS) is 17.7. The van der Waals surface area contributed by atoms with Gasteiger partial charge in [0.2, 0.25) is 0 Å². The highest BCUT2D eigenvalue weighted by atomic mass is 32.1. The number of nitrogens with one attached hydrogen (secondary N) is 1. The number of hydrogen-bond donors (Lipinski definition) is 1. The van der Waals surface area contributed by atoms with Gasteiger partial charge in [-0.05, 0) is 13.8 Å². The highest BCUT2D eigenvalue weighted by molar-refractivity contribution is 7.10. The molecule has 0 aromatic carbocycles. The molecule has 1 aliphatic rings. The van der Waals surface area contributed by atoms with E-state index in [9.17, 15) is 4.79 Å². The molecule has 1 fully saturated rings. The first-order valence-corrected chi connectivity index (χ1v) is 6.94. The molecule has 2 rings (SSSR count). The van der Waals surface area contributed by atoms with Crippen LogP contribution < -0.4 is 5.32 Å². The monoisotopic (exact) mass is 269 g/mol. The summed E-state index contributed by atoms with van der Waals surface area (Å²) >= 11 is 1.52. The summed E-state index contributed by atoms with van der Waals surface area (Å²) in [7, 11) is 1.38. The molecule has 0 atom stereocenters. The van der Waals surface area contributed by atoms with E-state index in [4.69, 9.17) is 0 Å². The fourth-order valence-electron chi connectivity index (χ4n) is 2.11. The first-order valence-electron chi connectivity index (χ1n) is 6.06. The van der Waals surface area contributed by atoms with Crippen molar-refractivity contribution >= 4 is 17.3 Å². The number of methoxy groups -OCH3 is 1. The second kappa shape index (κ2) is 5.34. The summed E-state index contributed by atoms with van der Waals surface area (Å²) in [6.45, 7) is 8.30. The maximum atomic E-state index is 11.4. The molecule has 1 aliphatic heterocycles. The minimum absolute atomic E-state index is 0.140. The van der Waals surface area contributed by atoms with Gasteiger partial charge in [0.25, 0.3) is 0 Å². The molecule has 100 valence electrons. The number of carbonyl (C=O) groups is 1. The van der Waals surface area contributed by atoms with E-state index in [1.807, 2.05) is 0 Å². The van der Waals surface area contributed by atoms with Crippen LogP contribution in [-0.2, 0) is 10.3 Å². The van der Waals surface area contributed by atoms with E-state index in [2.05, 4.69) is 33.8 Å². The first kappa shape index (κ1) is 13.5. The molecule has 0 saturated carbocycles. The van der Waals surface area contributed by atoms with Crippen molar-refractivity contribution in [1.82, 2.24) is 15.2 Å². The van der Waals surface area contributed by atoms with Crippen molar-refractivity contribution in [2.24, 2.45) is 0 Å². The van der Waals surface area contributed by atoms with Crippen LogP contribution in [0, 0.1) is 0 Å². The van der Waals surface area contributed by atoms with Crippen LogP contribution in [-0.4, -0.2) is 49.1 Å². The summed E-state index contributed by atoms with van der Waals surface area (Å²) in [4.78, 5) is 18.2. The highest BCUT2D eigenvalue weighted by Crippen LogP contribution is 2.30. The van der Waals surface area contributed by atoms with Crippen LogP contribution in [0.25, 0.3) is 0 Å².